The first-order valence-electron chi connectivity index (χ1n) is 8.71. The van der Waals surface area contributed by atoms with Crippen LogP contribution in [0.2, 0.25) is 0 Å². The molecule has 6 nitrogen and oxygen atoms in total. The number of ether oxygens (including phenoxy) is 2. The number of nitrogens with one attached hydrogen (secondary N) is 1. The number of carbonyl (C=O) groups is 1. The van der Waals surface area contributed by atoms with Crippen molar-refractivity contribution in [2.24, 2.45) is 0 Å². The van der Waals surface area contributed by atoms with Crippen LogP contribution in [0.25, 0.3) is 0 Å². The van der Waals surface area contributed by atoms with Gasteiger partial charge in [0.15, 0.2) is 0 Å². The molecule has 6 heteroatoms. The predicted molar refractivity (Wildman–Crippen MR) is 96.2 cm³/mol. The van der Waals surface area contributed by atoms with E-state index in [4.69, 9.17) is 9.47 Å². The Morgan fingerprint density at radius 1 is 1.32 bits per heavy atom. The number of rotatable bonds is 8. The molecule has 1 N–H and O–H groups in total. The van der Waals surface area contributed by atoms with E-state index in [2.05, 4.69) is 12.2 Å². The summed E-state index contributed by atoms with van der Waals surface area (Å²) in [5, 5.41) is 12.2. The summed E-state index contributed by atoms with van der Waals surface area (Å²) < 4.78 is 10.9. The predicted octanol–water partition coefficient (Wildman–Crippen LogP) is 2.93. The Balaban J connectivity index is 1.88. The first-order chi connectivity index (χ1) is 12.2. The van der Waals surface area contributed by atoms with Gasteiger partial charge in [0, 0.05) is 25.0 Å². The van der Waals surface area contributed by atoms with Crippen molar-refractivity contribution in [3.8, 4) is 11.8 Å². The highest BCUT2D eigenvalue weighted by Gasteiger charge is 2.20. The molecule has 0 spiro atoms. The highest BCUT2D eigenvalue weighted by Crippen LogP contribution is 2.16. The number of nitriles is 1. The average molecular weight is 343 g/mol. The van der Waals surface area contributed by atoms with Crippen LogP contribution in [0, 0.1) is 11.3 Å². The van der Waals surface area contributed by atoms with Gasteiger partial charge >= 0.3 is 0 Å². The number of carbonyl (C=O) groups excluding carboxylic acids is 1. The topological polar surface area (TPSA) is 74.6 Å². The number of benzene rings is 1. The Morgan fingerprint density at radius 3 is 2.68 bits per heavy atom. The van der Waals surface area contributed by atoms with Gasteiger partial charge < -0.3 is 19.7 Å². The van der Waals surface area contributed by atoms with Gasteiger partial charge in [-0.15, -0.1) is 0 Å². The third-order valence-corrected chi connectivity index (χ3v) is 3.90. The molecule has 0 aromatic heterocycles. The van der Waals surface area contributed by atoms with Crippen molar-refractivity contribution in [3.05, 3.63) is 36.0 Å². The second-order valence-electron chi connectivity index (χ2n) is 5.80. The van der Waals surface area contributed by atoms with Crippen molar-refractivity contribution in [1.82, 2.24) is 4.90 Å². The van der Waals surface area contributed by atoms with Gasteiger partial charge in [0.25, 0.3) is 5.91 Å². The van der Waals surface area contributed by atoms with Gasteiger partial charge in [-0.05, 0) is 30.7 Å². The Bertz CT molecular complexity index is 614. The Kier molecular flexibility index (Phi) is 7.80. The van der Waals surface area contributed by atoms with Crippen LogP contribution in [0.3, 0.4) is 0 Å². The SMILES string of the molecule is CCCCCOc1ccc(NC=C(C#N)C(=O)N2CCOCC2)cc1. The molecule has 1 aromatic rings. The van der Waals surface area contributed by atoms with Crippen LogP contribution in [0.4, 0.5) is 5.69 Å². The first kappa shape index (κ1) is 18.8. The maximum absolute atomic E-state index is 12.3. The molecule has 0 unspecified atom stereocenters. The largest absolute Gasteiger partial charge is 0.494 e. The molecule has 0 aliphatic carbocycles. The Hall–Kier alpha value is -2.52. The second kappa shape index (κ2) is 10.4. The molecule has 134 valence electrons. The molecular formula is C19H25N3O3. The van der Waals surface area contributed by atoms with E-state index in [9.17, 15) is 10.1 Å². The van der Waals surface area contributed by atoms with E-state index in [-0.39, 0.29) is 11.5 Å². The van der Waals surface area contributed by atoms with E-state index in [0.717, 1.165) is 17.9 Å². The summed E-state index contributed by atoms with van der Waals surface area (Å²) in [5.74, 6) is 0.546. The van der Waals surface area contributed by atoms with Gasteiger partial charge in [-0.2, -0.15) is 5.26 Å². The summed E-state index contributed by atoms with van der Waals surface area (Å²) >= 11 is 0. The van der Waals surface area contributed by atoms with Crippen molar-refractivity contribution < 1.29 is 14.3 Å². The quantitative estimate of drug-likeness (QED) is 0.446. The van der Waals surface area contributed by atoms with Gasteiger partial charge in [0.05, 0.1) is 19.8 Å². The average Bonchev–Trinajstić information content (AvgIpc) is 2.67. The molecule has 1 aromatic carbocycles. The van der Waals surface area contributed by atoms with E-state index in [1.165, 1.54) is 19.0 Å². The number of unbranched alkanes of at least 4 members (excludes halogenated alkanes) is 2. The molecule has 0 bridgehead atoms. The minimum absolute atomic E-state index is 0.0850. The van der Waals surface area contributed by atoms with Gasteiger partial charge in [-0.1, -0.05) is 19.8 Å². The van der Waals surface area contributed by atoms with Crippen LogP contribution >= 0.6 is 0 Å². The monoisotopic (exact) mass is 343 g/mol. The molecular weight excluding hydrogens is 318 g/mol. The lowest BCUT2D eigenvalue weighted by Gasteiger charge is -2.26. The third-order valence-electron chi connectivity index (χ3n) is 3.90. The van der Waals surface area contributed by atoms with Crippen LogP contribution in [0.15, 0.2) is 36.0 Å². The van der Waals surface area contributed by atoms with Crippen LogP contribution in [-0.2, 0) is 9.53 Å². The van der Waals surface area contributed by atoms with Crippen molar-refractivity contribution in [3.63, 3.8) is 0 Å². The summed E-state index contributed by atoms with van der Waals surface area (Å²) in [4.78, 5) is 13.9. The molecule has 1 heterocycles. The zero-order valence-electron chi connectivity index (χ0n) is 14.7. The smallest absolute Gasteiger partial charge is 0.266 e. The summed E-state index contributed by atoms with van der Waals surface area (Å²) in [6.45, 7) is 4.93. The Morgan fingerprint density at radius 2 is 2.04 bits per heavy atom. The van der Waals surface area contributed by atoms with Gasteiger partial charge in [0.1, 0.15) is 17.4 Å². The second-order valence-corrected chi connectivity index (χ2v) is 5.80. The van der Waals surface area contributed by atoms with Gasteiger partial charge in [-0.25, -0.2) is 0 Å². The fourth-order valence-electron chi connectivity index (χ4n) is 2.42. The molecule has 0 saturated carbocycles. The van der Waals surface area contributed by atoms with E-state index in [0.29, 0.717) is 32.9 Å². The number of hydrogen-bond donors (Lipinski definition) is 1. The van der Waals surface area contributed by atoms with Crippen molar-refractivity contribution in [2.75, 3.05) is 38.2 Å². The van der Waals surface area contributed by atoms with E-state index in [1.54, 1.807) is 4.90 Å². The maximum Gasteiger partial charge on any atom is 0.266 e. The number of hydrogen-bond acceptors (Lipinski definition) is 5. The third kappa shape index (κ3) is 6.12. The first-order valence-corrected chi connectivity index (χ1v) is 8.71. The molecule has 2 rings (SSSR count). The summed E-state index contributed by atoms with van der Waals surface area (Å²) in [6.07, 6.45) is 4.84. The fraction of sp³-hybridized carbons (Fsp3) is 0.474. The number of anilines is 1. The highest BCUT2D eigenvalue weighted by atomic mass is 16.5. The van der Waals surface area contributed by atoms with E-state index in [1.807, 2.05) is 30.3 Å². The fourth-order valence-corrected chi connectivity index (χ4v) is 2.42. The minimum Gasteiger partial charge on any atom is -0.494 e. The van der Waals surface area contributed by atoms with Crippen molar-refractivity contribution >= 4 is 11.6 Å². The minimum atomic E-state index is -0.269. The van der Waals surface area contributed by atoms with Crippen molar-refractivity contribution in [2.45, 2.75) is 26.2 Å². The highest BCUT2D eigenvalue weighted by molar-refractivity contribution is 5.97. The molecule has 0 atom stereocenters. The number of morpholine rings is 1. The van der Waals surface area contributed by atoms with E-state index < -0.39 is 0 Å². The lowest BCUT2D eigenvalue weighted by Crippen LogP contribution is -2.41. The zero-order valence-corrected chi connectivity index (χ0v) is 14.7. The lowest BCUT2D eigenvalue weighted by molar-refractivity contribution is -0.130. The normalized spacial score (nSPS) is 14.7. The van der Waals surface area contributed by atoms with Crippen molar-refractivity contribution in [1.29, 1.82) is 5.26 Å². The molecule has 0 radical (unpaired) electrons. The van der Waals surface area contributed by atoms with E-state index >= 15 is 0 Å². The molecule has 1 aliphatic rings. The summed E-state index contributed by atoms with van der Waals surface area (Å²) in [6, 6.07) is 9.43. The van der Waals surface area contributed by atoms with Gasteiger partial charge in [-0.3, -0.25) is 4.79 Å². The molecule has 25 heavy (non-hydrogen) atoms. The van der Waals surface area contributed by atoms with Crippen LogP contribution in [0.5, 0.6) is 5.75 Å². The van der Waals surface area contributed by atoms with Crippen LogP contribution < -0.4 is 10.1 Å². The summed E-state index contributed by atoms with van der Waals surface area (Å²) in [5.41, 5.74) is 0.880. The van der Waals surface area contributed by atoms with Crippen LogP contribution in [-0.4, -0.2) is 43.7 Å². The maximum atomic E-state index is 12.3. The zero-order chi connectivity index (χ0) is 17.9. The molecule has 1 saturated heterocycles. The molecule has 1 aliphatic heterocycles. The standard InChI is InChI=1S/C19H25N3O3/c1-2-3-4-11-25-18-7-5-17(6-8-18)21-15-16(14-20)19(23)22-9-12-24-13-10-22/h5-8,15,21H,2-4,9-13H2,1H3. The van der Waals surface area contributed by atoms with Gasteiger partial charge in [0.2, 0.25) is 0 Å². The lowest BCUT2D eigenvalue weighted by atomic mass is 10.2. The Labute approximate surface area is 149 Å². The van der Waals surface area contributed by atoms with Crippen LogP contribution in [0.1, 0.15) is 26.2 Å². The number of amides is 1. The summed E-state index contributed by atoms with van der Waals surface area (Å²) in [7, 11) is 0. The number of nitrogens with zero attached hydrogens (tertiary/aromatic N) is 2. The molecule has 1 amide bonds. The molecule has 1 fully saturated rings.